The van der Waals surface area contributed by atoms with Gasteiger partial charge in [-0.05, 0) is 37.1 Å². The Morgan fingerprint density at radius 3 is 2.79 bits per heavy atom. The van der Waals surface area contributed by atoms with Crippen LogP contribution in [0.5, 0.6) is 0 Å². The lowest BCUT2D eigenvalue weighted by atomic mass is 9.90. The molecule has 4 rings (SSSR count). The second kappa shape index (κ2) is 7.26. The monoisotopic (exact) mass is 326 g/mol. The molecule has 2 atom stereocenters. The van der Waals surface area contributed by atoms with Gasteiger partial charge in [-0.25, -0.2) is 0 Å². The van der Waals surface area contributed by atoms with Gasteiger partial charge in [-0.3, -0.25) is 4.68 Å². The summed E-state index contributed by atoms with van der Waals surface area (Å²) in [5.41, 5.74) is 2.50. The molecule has 2 fully saturated rings. The molecule has 0 amide bonds. The summed E-state index contributed by atoms with van der Waals surface area (Å²) >= 11 is 0. The molecule has 1 saturated heterocycles. The smallest absolute Gasteiger partial charge is 0.0720 e. The molecule has 128 valence electrons. The molecule has 2 unspecified atom stereocenters. The summed E-state index contributed by atoms with van der Waals surface area (Å²) in [5, 5.41) is 8.26. The maximum atomic E-state index is 5.46. The molecule has 1 aromatic carbocycles. The largest absolute Gasteiger partial charge is 0.380 e. The van der Waals surface area contributed by atoms with E-state index >= 15 is 0 Å². The number of aromatic nitrogens is 2. The van der Waals surface area contributed by atoms with Gasteiger partial charge in [-0.15, -0.1) is 0 Å². The van der Waals surface area contributed by atoms with Gasteiger partial charge in [0.1, 0.15) is 0 Å². The highest BCUT2D eigenvalue weighted by molar-refractivity contribution is 5.58. The third-order valence-corrected chi connectivity index (χ3v) is 5.17. The van der Waals surface area contributed by atoms with E-state index < -0.39 is 0 Å². The first-order valence-electron chi connectivity index (χ1n) is 9.08. The van der Waals surface area contributed by atoms with E-state index in [0.29, 0.717) is 12.1 Å². The standard InChI is InChI=1S/C19H26N4O/c1-2-8-19(23-10-4-9-20-23)18(7-1)21-16-5-3-6-17(15-16)22-11-13-24-14-12-22/h3-6,9-10,15,18-19,21H,1-2,7-8,11-14H2. The molecule has 1 aliphatic carbocycles. The lowest BCUT2D eigenvalue weighted by molar-refractivity contribution is 0.122. The molecule has 1 saturated carbocycles. The van der Waals surface area contributed by atoms with Gasteiger partial charge in [-0.2, -0.15) is 5.10 Å². The minimum absolute atomic E-state index is 0.443. The summed E-state index contributed by atoms with van der Waals surface area (Å²) in [7, 11) is 0. The van der Waals surface area contributed by atoms with Crippen LogP contribution in [-0.2, 0) is 4.74 Å². The van der Waals surface area contributed by atoms with E-state index in [9.17, 15) is 0 Å². The molecule has 0 bridgehead atoms. The topological polar surface area (TPSA) is 42.3 Å². The number of rotatable bonds is 4. The van der Waals surface area contributed by atoms with Gasteiger partial charge in [0, 0.05) is 42.9 Å². The highest BCUT2D eigenvalue weighted by atomic mass is 16.5. The molecule has 0 radical (unpaired) electrons. The molecule has 1 aliphatic heterocycles. The van der Waals surface area contributed by atoms with Crippen molar-refractivity contribution in [3.8, 4) is 0 Å². The molecule has 24 heavy (non-hydrogen) atoms. The zero-order valence-corrected chi connectivity index (χ0v) is 14.1. The van der Waals surface area contributed by atoms with Crippen LogP contribution in [0.3, 0.4) is 0 Å². The summed E-state index contributed by atoms with van der Waals surface area (Å²) in [6, 6.07) is 11.7. The van der Waals surface area contributed by atoms with Crippen LogP contribution in [0.1, 0.15) is 31.7 Å². The highest BCUT2D eigenvalue weighted by Gasteiger charge is 2.26. The Balaban J connectivity index is 1.49. The van der Waals surface area contributed by atoms with Crippen molar-refractivity contribution in [2.75, 3.05) is 36.5 Å². The molecule has 5 heteroatoms. The number of anilines is 2. The fourth-order valence-corrected chi connectivity index (χ4v) is 3.90. The van der Waals surface area contributed by atoms with Crippen LogP contribution in [0, 0.1) is 0 Å². The molecule has 5 nitrogen and oxygen atoms in total. The number of hydrogen-bond donors (Lipinski definition) is 1. The Hall–Kier alpha value is -2.01. The average Bonchev–Trinajstić information content (AvgIpc) is 3.18. The van der Waals surface area contributed by atoms with Gasteiger partial charge in [0.2, 0.25) is 0 Å². The minimum atomic E-state index is 0.443. The zero-order valence-electron chi connectivity index (χ0n) is 14.1. The molecular weight excluding hydrogens is 300 g/mol. The van der Waals surface area contributed by atoms with Gasteiger partial charge < -0.3 is 15.0 Å². The Morgan fingerprint density at radius 1 is 1.08 bits per heavy atom. The van der Waals surface area contributed by atoms with E-state index in [1.165, 1.54) is 37.1 Å². The van der Waals surface area contributed by atoms with E-state index in [2.05, 4.69) is 50.5 Å². The van der Waals surface area contributed by atoms with Gasteiger partial charge in [0.05, 0.1) is 19.3 Å². The van der Waals surface area contributed by atoms with Gasteiger partial charge in [0.15, 0.2) is 0 Å². The number of benzene rings is 1. The Bertz CT molecular complexity index is 637. The van der Waals surface area contributed by atoms with Crippen LogP contribution < -0.4 is 10.2 Å². The van der Waals surface area contributed by atoms with E-state index in [1.54, 1.807) is 0 Å². The Morgan fingerprint density at radius 2 is 1.96 bits per heavy atom. The highest BCUT2D eigenvalue weighted by Crippen LogP contribution is 2.31. The van der Waals surface area contributed by atoms with Crippen LogP contribution in [0.25, 0.3) is 0 Å². The average molecular weight is 326 g/mol. The quantitative estimate of drug-likeness (QED) is 0.936. The predicted octanol–water partition coefficient (Wildman–Crippen LogP) is 3.32. The fraction of sp³-hybridized carbons (Fsp3) is 0.526. The second-order valence-corrected chi connectivity index (χ2v) is 6.74. The summed E-state index contributed by atoms with van der Waals surface area (Å²) < 4.78 is 7.59. The Kier molecular flexibility index (Phi) is 4.69. The van der Waals surface area contributed by atoms with Crippen molar-refractivity contribution in [1.29, 1.82) is 0 Å². The van der Waals surface area contributed by atoms with Gasteiger partial charge in [0.25, 0.3) is 0 Å². The summed E-state index contributed by atoms with van der Waals surface area (Å²) in [5.74, 6) is 0. The number of nitrogens with one attached hydrogen (secondary N) is 1. The minimum Gasteiger partial charge on any atom is -0.380 e. The summed E-state index contributed by atoms with van der Waals surface area (Å²) in [6.07, 6.45) is 8.95. The fourth-order valence-electron chi connectivity index (χ4n) is 3.90. The van der Waals surface area contributed by atoms with Crippen LogP contribution in [0.4, 0.5) is 11.4 Å². The first-order chi connectivity index (χ1) is 11.9. The first kappa shape index (κ1) is 15.5. The van der Waals surface area contributed by atoms with Crippen molar-refractivity contribution in [1.82, 2.24) is 9.78 Å². The van der Waals surface area contributed by atoms with Crippen LogP contribution in [-0.4, -0.2) is 42.1 Å². The van der Waals surface area contributed by atoms with Crippen LogP contribution >= 0.6 is 0 Å². The van der Waals surface area contributed by atoms with Crippen molar-refractivity contribution in [3.63, 3.8) is 0 Å². The van der Waals surface area contributed by atoms with Gasteiger partial charge in [-0.1, -0.05) is 18.9 Å². The van der Waals surface area contributed by atoms with Gasteiger partial charge >= 0.3 is 0 Å². The van der Waals surface area contributed by atoms with Crippen molar-refractivity contribution in [2.24, 2.45) is 0 Å². The van der Waals surface area contributed by atoms with E-state index in [-0.39, 0.29) is 0 Å². The van der Waals surface area contributed by atoms with E-state index in [0.717, 1.165) is 26.3 Å². The Labute approximate surface area is 143 Å². The first-order valence-corrected chi connectivity index (χ1v) is 9.08. The summed E-state index contributed by atoms with van der Waals surface area (Å²) in [6.45, 7) is 3.59. The molecule has 2 aromatic rings. The zero-order chi connectivity index (χ0) is 16.2. The molecule has 1 aromatic heterocycles. The summed E-state index contributed by atoms with van der Waals surface area (Å²) in [4.78, 5) is 2.40. The lowest BCUT2D eigenvalue weighted by Gasteiger charge is -2.34. The van der Waals surface area contributed by atoms with Crippen LogP contribution in [0.15, 0.2) is 42.7 Å². The molecule has 1 N–H and O–H groups in total. The number of nitrogens with zero attached hydrogens (tertiary/aromatic N) is 3. The van der Waals surface area contributed by atoms with Crippen molar-refractivity contribution < 1.29 is 4.74 Å². The maximum absolute atomic E-state index is 5.46. The predicted molar refractivity (Wildman–Crippen MR) is 96.6 cm³/mol. The third kappa shape index (κ3) is 3.41. The maximum Gasteiger partial charge on any atom is 0.0720 e. The second-order valence-electron chi connectivity index (χ2n) is 6.74. The number of morpholine rings is 1. The van der Waals surface area contributed by atoms with Crippen molar-refractivity contribution in [2.45, 2.75) is 37.8 Å². The third-order valence-electron chi connectivity index (χ3n) is 5.17. The van der Waals surface area contributed by atoms with Crippen LogP contribution in [0.2, 0.25) is 0 Å². The SMILES string of the molecule is c1cc(NC2CCCCC2n2cccn2)cc(N2CCOCC2)c1. The molecule has 2 aliphatic rings. The normalized spacial score (nSPS) is 24.8. The number of hydrogen-bond acceptors (Lipinski definition) is 4. The van der Waals surface area contributed by atoms with E-state index in [4.69, 9.17) is 4.74 Å². The van der Waals surface area contributed by atoms with E-state index in [1.807, 2.05) is 12.3 Å². The van der Waals surface area contributed by atoms with Crippen molar-refractivity contribution >= 4 is 11.4 Å². The van der Waals surface area contributed by atoms with Crippen molar-refractivity contribution in [3.05, 3.63) is 42.7 Å². The number of ether oxygens (including phenoxy) is 1. The molecule has 2 heterocycles. The molecule has 0 spiro atoms. The molecular formula is C19H26N4O. The lowest BCUT2D eigenvalue weighted by Crippen LogP contribution is -2.36.